The number of aryl methyl sites for hydroxylation is 1. The lowest BCUT2D eigenvalue weighted by atomic mass is 10.2. The van der Waals surface area contributed by atoms with Gasteiger partial charge in [0.05, 0.1) is 19.0 Å². The van der Waals surface area contributed by atoms with Gasteiger partial charge >= 0.3 is 5.69 Å². The van der Waals surface area contributed by atoms with Gasteiger partial charge in [0.1, 0.15) is 17.8 Å². The van der Waals surface area contributed by atoms with Gasteiger partial charge < -0.3 is 31.4 Å². The SMILES string of the molecule is Cc1cn([C@H]2C[C@H](O)[C@@H](CO)O2)c(=O)[nH]c1=O.Nc1nc(N)c2[nH]cnc2n1. The summed E-state index contributed by atoms with van der Waals surface area (Å²) in [6.45, 7) is 1.26. The third-order valence-corrected chi connectivity index (χ3v) is 4.17. The minimum absolute atomic E-state index is 0.141. The number of nitrogens with two attached hydrogens (primary N) is 2. The summed E-state index contributed by atoms with van der Waals surface area (Å²) in [5.41, 5.74) is 11.3. The molecule has 0 unspecified atom stereocenters. The van der Waals surface area contributed by atoms with Crippen LogP contribution in [0.4, 0.5) is 11.8 Å². The van der Waals surface area contributed by atoms with Gasteiger partial charge in [0.15, 0.2) is 11.5 Å². The lowest BCUT2D eigenvalue weighted by molar-refractivity contribution is -0.0459. The van der Waals surface area contributed by atoms with Crippen LogP contribution in [0, 0.1) is 6.92 Å². The maximum absolute atomic E-state index is 11.6. The number of hydrogen-bond donors (Lipinski definition) is 6. The van der Waals surface area contributed by atoms with Gasteiger partial charge in [0.25, 0.3) is 5.56 Å². The van der Waals surface area contributed by atoms with E-state index in [4.69, 9.17) is 21.3 Å². The highest BCUT2D eigenvalue weighted by molar-refractivity contribution is 5.81. The van der Waals surface area contributed by atoms with Gasteiger partial charge in [-0.05, 0) is 6.92 Å². The smallest absolute Gasteiger partial charge is 0.330 e. The third-order valence-electron chi connectivity index (χ3n) is 4.17. The second-order valence-electron chi connectivity index (χ2n) is 6.16. The summed E-state index contributed by atoms with van der Waals surface area (Å²) in [5, 5.41) is 18.5. The standard InChI is InChI=1S/C10H14N2O5.C5H6N6/c1-5-3-12(10(16)11-9(5)15)8-2-6(14)7(4-13)17-8;6-3-2-4(9-1-8-2)11-5(7)10-3/h3,6-8,13-14H,2,4H2,1H3,(H,11,15,16);1H,(H5,6,7,8,9,10,11)/t6-,7+,8+;/m0./s1. The fourth-order valence-corrected chi connectivity index (χ4v) is 2.72. The van der Waals surface area contributed by atoms with E-state index >= 15 is 0 Å². The summed E-state index contributed by atoms with van der Waals surface area (Å²) >= 11 is 0. The number of anilines is 2. The van der Waals surface area contributed by atoms with Gasteiger partial charge in [0.2, 0.25) is 5.95 Å². The van der Waals surface area contributed by atoms with E-state index in [-0.39, 0.29) is 19.0 Å². The molecule has 4 heterocycles. The lowest BCUT2D eigenvalue weighted by Crippen LogP contribution is -2.33. The van der Waals surface area contributed by atoms with E-state index in [2.05, 4.69) is 24.9 Å². The molecule has 13 nitrogen and oxygen atoms in total. The Balaban J connectivity index is 0.000000176. The maximum atomic E-state index is 11.6. The summed E-state index contributed by atoms with van der Waals surface area (Å²) < 4.78 is 6.54. The average Bonchev–Trinajstić information content (AvgIpc) is 3.25. The van der Waals surface area contributed by atoms with E-state index in [1.165, 1.54) is 17.1 Å². The molecule has 8 N–H and O–H groups in total. The Kier molecular flexibility index (Phi) is 5.39. The number of aliphatic hydroxyl groups is 2. The van der Waals surface area contributed by atoms with Gasteiger partial charge in [-0.2, -0.15) is 9.97 Å². The van der Waals surface area contributed by atoms with Crippen molar-refractivity contribution in [3.8, 4) is 0 Å². The van der Waals surface area contributed by atoms with Gasteiger partial charge in [0, 0.05) is 18.2 Å². The summed E-state index contributed by atoms with van der Waals surface area (Å²) in [7, 11) is 0. The van der Waals surface area contributed by atoms with Crippen molar-refractivity contribution in [2.24, 2.45) is 0 Å². The summed E-state index contributed by atoms with van der Waals surface area (Å²) in [6.07, 6.45) is 0.915. The number of aliphatic hydroxyl groups excluding tert-OH is 2. The second kappa shape index (κ2) is 7.75. The van der Waals surface area contributed by atoms with E-state index in [1.54, 1.807) is 6.92 Å². The Labute approximate surface area is 157 Å². The zero-order valence-corrected chi connectivity index (χ0v) is 14.9. The first-order valence-corrected chi connectivity index (χ1v) is 8.28. The highest BCUT2D eigenvalue weighted by atomic mass is 16.5. The minimum atomic E-state index is -0.816. The van der Waals surface area contributed by atoms with Crippen LogP contribution in [0.15, 0.2) is 22.1 Å². The Bertz CT molecular complexity index is 1090. The number of ether oxygens (including phenoxy) is 1. The predicted octanol–water partition coefficient (Wildman–Crippen LogP) is -2.00. The minimum Gasteiger partial charge on any atom is -0.394 e. The fourth-order valence-electron chi connectivity index (χ4n) is 2.72. The van der Waals surface area contributed by atoms with Crippen molar-refractivity contribution in [3.05, 3.63) is 38.9 Å². The van der Waals surface area contributed by atoms with E-state index in [0.717, 1.165) is 0 Å². The number of nitrogens with one attached hydrogen (secondary N) is 2. The summed E-state index contributed by atoms with van der Waals surface area (Å²) in [5.74, 6) is 0.465. The number of H-pyrrole nitrogens is 2. The first-order chi connectivity index (χ1) is 13.3. The highest BCUT2D eigenvalue weighted by Crippen LogP contribution is 2.27. The topological polar surface area (TPSA) is 211 Å². The molecule has 1 aliphatic heterocycles. The number of nitrogens with zero attached hydrogens (tertiary/aromatic N) is 4. The van der Waals surface area contributed by atoms with Gasteiger partial charge in [-0.1, -0.05) is 0 Å². The van der Waals surface area contributed by atoms with Crippen molar-refractivity contribution in [1.82, 2.24) is 29.5 Å². The number of rotatable bonds is 2. The third kappa shape index (κ3) is 3.85. The van der Waals surface area contributed by atoms with Crippen LogP contribution in [0.3, 0.4) is 0 Å². The second-order valence-corrected chi connectivity index (χ2v) is 6.16. The van der Waals surface area contributed by atoms with Crippen molar-refractivity contribution in [3.63, 3.8) is 0 Å². The number of aromatic nitrogens is 6. The Hall–Kier alpha value is -3.29. The van der Waals surface area contributed by atoms with E-state index in [9.17, 15) is 14.7 Å². The quantitative estimate of drug-likeness (QED) is 0.282. The van der Waals surface area contributed by atoms with Crippen LogP contribution in [0.2, 0.25) is 0 Å². The zero-order valence-electron chi connectivity index (χ0n) is 14.9. The van der Waals surface area contributed by atoms with Crippen LogP contribution < -0.4 is 22.7 Å². The first kappa shape index (κ1) is 19.5. The molecule has 3 aromatic rings. The molecule has 4 rings (SSSR count). The highest BCUT2D eigenvalue weighted by Gasteiger charge is 2.34. The Morgan fingerprint density at radius 1 is 1.36 bits per heavy atom. The molecular weight excluding hydrogens is 372 g/mol. The van der Waals surface area contributed by atoms with Gasteiger partial charge in [-0.3, -0.25) is 14.3 Å². The average molecular weight is 392 g/mol. The predicted molar refractivity (Wildman–Crippen MR) is 98.2 cm³/mol. The fraction of sp³-hybridized carbons (Fsp3) is 0.400. The van der Waals surface area contributed by atoms with Crippen LogP contribution in [-0.4, -0.2) is 58.5 Å². The molecule has 28 heavy (non-hydrogen) atoms. The molecule has 3 atom stereocenters. The van der Waals surface area contributed by atoms with Crippen molar-refractivity contribution in [1.29, 1.82) is 0 Å². The molecule has 0 saturated carbocycles. The molecule has 150 valence electrons. The summed E-state index contributed by atoms with van der Waals surface area (Å²) in [4.78, 5) is 39.2. The molecular formula is C15H20N8O5. The molecule has 0 spiro atoms. The number of hydrogen-bond acceptors (Lipinski definition) is 10. The zero-order chi connectivity index (χ0) is 20.4. The normalized spacial score (nSPS) is 21.5. The molecule has 0 bridgehead atoms. The van der Waals surface area contributed by atoms with E-state index in [0.29, 0.717) is 22.5 Å². The van der Waals surface area contributed by atoms with Crippen molar-refractivity contribution in [2.45, 2.75) is 31.8 Å². The van der Waals surface area contributed by atoms with Crippen molar-refractivity contribution in [2.75, 3.05) is 18.1 Å². The number of nitrogen functional groups attached to an aromatic ring is 2. The Morgan fingerprint density at radius 3 is 2.79 bits per heavy atom. The molecule has 13 heteroatoms. The van der Waals surface area contributed by atoms with Gasteiger partial charge in [-0.15, -0.1) is 0 Å². The van der Waals surface area contributed by atoms with Crippen LogP contribution >= 0.6 is 0 Å². The van der Waals surface area contributed by atoms with Crippen LogP contribution in [0.5, 0.6) is 0 Å². The largest absolute Gasteiger partial charge is 0.394 e. The van der Waals surface area contributed by atoms with Crippen LogP contribution in [0.25, 0.3) is 11.2 Å². The Morgan fingerprint density at radius 2 is 2.11 bits per heavy atom. The molecule has 1 aliphatic rings. The number of imidazole rings is 1. The van der Waals surface area contributed by atoms with Gasteiger partial charge in [-0.25, -0.2) is 9.78 Å². The van der Waals surface area contributed by atoms with Crippen LogP contribution in [0.1, 0.15) is 18.2 Å². The molecule has 3 aromatic heterocycles. The lowest BCUT2D eigenvalue weighted by Gasteiger charge is -2.14. The monoisotopic (exact) mass is 392 g/mol. The van der Waals surface area contributed by atoms with E-state index < -0.39 is 29.7 Å². The molecule has 1 fully saturated rings. The number of fused-ring (bicyclic) bond motifs is 1. The molecule has 1 saturated heterocycles. The molecule has 0 amide bonds. The molecule has 0 aromatic carbocycles. The van der Waals surface area contributed by atoms with Crippen molar-refractivity contribution < 1.29 is 14.9 Å². The maximum Gasteiger partial charge on any atom is 0.330 e. The number of aromatic amines is 2. The first-order valence-electron chi connectivity index (χ1n) is 8.28. The molecule has 0 radical (unpaired) electrons. The summed E-state index contributed by atoms with van der Waals surface area (Å²) in [6, 6.07) is 0. The van der Waals surface area contributed by atoms with Crippen LogP contribution in [-0.2, 0) is 4.74 Å². The molecule has 0 aliphatic carbocycles. The van der Waals surface area contributed by atoms with Crippen molar-refractivity contribution >= 4 is 22.9 Å². The van der Waals surface area contributed by atoms with E-state index in [1.807, 2.05) is 0 Å².